The first-order valence-corrected chi connectivity index (χ1v) is 9.14. The van der Waals surface area contributed by atoms with Gasteiger partial charge in [-0.15, -0.1) is 16.9 Å². The van der Waals surface area contributed by atoms with Gasteiger partial charge in [0.2, 0.25) is 0 Å². The molecule has 122 valence electrons. The highest BCUT2D eigenvalue weighted by molar-refractivity contribution is 7.98. The van der Waals surface area contributed by atoms with E-state index in [2.05, 4.69) is 14.9 Å². The van der Waals surface area contributed by atoms with E-state index in [0.29, 0.717) is 16.3 Å². The molecular formula is C17H15N3O2S2. The molecule has 0 radical (unpaired) electrons. The highest BCUT2D eigenvalue weighted by atomic mass is 32.2. The second-order valence-electron chi connectivity index (χ2n) is 4.84. The first-order chi connectivity index (χ1) is 11.7. The molecule has 7 heteroatoms. The van der Waals surface area contributed by atoms with Crippen molar-refractivity contribution in [3.63, 3.8) is 0 Å². The van der Waals surface area contributed by atoms with Gasteiger partial charge < -0.3 is 10.1 Å². The van der Waals surface area contributed by atoms with Gasteiger partial charge in [-0.3, -0.25) is 4.79 Å². The molecule has 0 fully saturated rings. The number of nitrogens with one attached hydrogen (secondary N) is 1. The van der Waals surface area contributed by atoms with E-state index >= 15 is 0 Å². The Kier molecular flexibility index (Phi) is 5.12. The molecule has 3 rings (SSSR count). The fourth-order valence-electron chi connectivity index (χ4n) is 2.23. The van der Waals surface area contributed by atoms with Crippen molar-refractivity contribution in [3.8, 4) is 17.0 Å². The maximum Gasteiger partial charge on any atom is 0.269 e. The minimum atomic E-state index is -0.218. The van der Waals surface area contributed by atoms with Crippen LogP contribution in [0.2, 0.25) is 0 Å². The van der Waals surface area contributed by atoms with Gasteiger partial charge in [-0.05, 0) is 42.1 Å². The van der Waals surface area contributed by atoms with Crippen LogP contribution >= 0.6 is 23.3 Å². The van der Waals surface area contributed by atoms with Crippen LogP contribution in [0.1, 0.15) is 9.67 Å². The third kappa shape index (κ3) is 3.42. The molecule has 0 unspecified atom stereocenters. The van der Waals surface area contributed by atoms with Crippen molar-refractivity contribution in [1.29, 1.82) is 0 Å². The summed E-state index contributed by atoms with van der Waals surface area (Å²) >= 11 is 2.66. The number of hydrogen-bond donors (Lipinski definition) is 1. The van der Waals surface area contributed by atoms with Crippen molar-refractivity contribution < 1.29 is 9.53 Å². The number of hydrogen-bond acceptors (Lipinski definition) is 6. The number of ether oxygens (including phenoxy) is 1. The molecule has 0 spiro atoms. The molecule has 1 aromatic heterocycles. The van der Waals surface area contributed by atoms with Crippen LogP contribution in [0.5, 0.6) is 5.75 Å². The van der Waals surface area contributed by atoms with Crippen molar-refractivity contribution >= 4 is 34.9 Å². The van der Waals surface area contributed by atoms with Crippen LogP contribution in [0.3, 0.4) is 0 Å². The number of nitrogens with zero attached hydrogens (tertiary/aromatic N) is 2. The Bertz CT molecular complexity index is 864. The molecule has 24 heavy (non-hydrogen) atoms. The second-order valence-corrected chi connectivity index (χ2v) is 6.44. The Hall–Kier alpha value is -2.38. The molecule has 0 aliphatic rings. The zero-order valence-electron chi connectivity index (χ0n) is 13.1. The smallest absolute Gasteiger partial charge is 0.269 e. The van der Waals surface area contributed by atoms with Crippen LogP contribution in [0.4, 0.5) is 5.69 Å². The van der Waals surface area contributed by atoms with E-state index in [-0.39, 0.29) is 5.91 Å². The lowest BCUT2D eigenvalue weighted by Gasteiger charge is -2.09. The predicted octanol–water partition coefficient (Wildman–Crippen LogP) is 4.19. The van der Waals surface area contributed by atoms with Gasteiger partial charge in [-0.2, -0.15) is 0 Å². The number of rotatable bonds is 5. The summed E-state index contributed by atoms with van der Waals surface area (Å²) in [5.41, 5.74) is 2.13. The van der Waals surface area contributed by atoms with Crippen molar-refractivity contribution in [2.45, 2.75) is 4.90 Å². The molecule has 1 heterocycles. The summed E-state index contributed by atoms with van der Waals surface area (Å²) in [5.74, 6) is 0.490. The van der Waals surface area contributed by atoms with Gasteiger partial charge in [-0.25, -0.2) is 0 Å². The SMILES string of the molecule is COc1cccc(-c2nnsc2C(=O)Nc2ccccc2SC)c1. The van der Waals surface area contributed by atoms with E-state index in [9.17, 15) is 4.79 Å². The van der Waals surface area contributed by atoms with Crippen LogP contribution < -0.4 is 10.1 Å². The van der Waals surface area contributed by atoms with Crippen molar-refractivity contribution in [1.82, 2.24) is 9.59 Å². The minimum Gasteiger partial charge on any atom is -0.497 e. The van der Waals surface area contributed by atoms with Crippen molar-refractivity contribution in [3.05, 3.63) is 53.4 Å². The Balaban J connectivity index is 1.90. The average molecular weight is 357 g/mol. The lowest BCUT2D eigenvalue weighted by Crippen LogP contribution is -2.12. The summed E-state index contributed by atoms with van der Waals surface area (Å²) < 4.78 is 9.18. The first-order valence-electron chi connectivity index (χ1n) is 7.14. The molecule has 0 aliphatic carbocycles. The Morgan fingerprint density at radius 1 is 1.21 bits per heavy atom. The molecule has 1 amide bonds. The summed E-state index contributed by atoms with van der Waals surface area (Å²) in [7, 11) is 1.60. The highest BCUT2D eigenvalue weighted by Gasteiger charge is 2.19. The zero-order chi connectivity index (χ0) is 16.9. The fraction of sp³-hybridized carbons (Fsp3) is 0.118. The quantitative estimate of drug-likeness (QED) is 0.694. The molecule has 0 saturated carbocycles. The summed E-state index contributed by atoms with van der Waals surface area (Å²) in [6.45, 7) is 0. The van der Waals surface area contributed by atoms with Gasteiger partial charge in [0.1, 0.15) is 16.3 Å². The number of aromatic nitrogens is 2. The van der Waals surface area contributed by atoms with E-state index in [1.165, 1.54) is 0 Å². The van der Waals surface area contributed by atoms with Crippen LogP contribution in [-0.4, -0.2) is 28.9 Å². The first kappa shape index (κ1) is 16.5. The number of benzene rings is 2. The van der Waals surface area contributed by atoms with Crippen LogP contribution in [0.15, 0.2) is 53.4 Å². The second kappa shape index (κ2) is 7.46. The van der Waals surface area contributed by atoms with E-state index < -0.39 is 0 Å². The number of anilines is 1. The lowest BCUT2D eigenvalue weighted by atomic mass is 10.1. The fourth-order valence-corrected chi connectivity index (χ4v) is 3.36. The molecule has 2 aromatic carbocycles. The van der Waals surface area contributed by atoms with E-state index in [1.807, 2.05) is 54.8 Å². The van der Waals surface area contributed by atoms with Crippen LogP contribution in [0, 0.1) is 0 Å². The summed E-state index contributed by atoms with van der Waals surface area (Å²) in [5, 5.41) is 7.06. The molecule has 3 aromatic rings. The zero-order valence-corrected chi connectivity index (χ0v) is 14.8. The van der Waals surface area contributed by atoms with E-state index in [0.717, 1.165) is 27.7 Å². The van der Waals surface area contributed by atoms with Gasteiger partial charge in [0.25, 0.3) is 5.91 Å². The topological polar surface area (TPSA) is 64.1 Å². The van der Waals surface area contributed by atoms with Crippen molar-refractivity contribution in [2.24, 2.45) is 0 Å². The molecule has 0 aliphatic heterocycles. The highest BCUT2D eigenvalue weighted by Crippen LogP contribution is 2.29. The Morgan fingerprint density at radius 2 is 2.04 bits per heavy atom. The van der Waals surface area contributed by atoms with Gasteiger partial charge in [0.05, 0.1) is 12.8 Å². The van der Waals surface area contributed by atoms with Crippen LogP contribution in [0.25, 0.3) is 11.3 Å². The Labute approximate surface area is 148 Å². The third-order valence-corrected chi connectivity index (χ3v) is 4.91. The minimum absolute atomic E-state index is 0.218. The summed E-state index contributed by atoms with van der Waals surface area (Å²) in [6, 6.07) is 15.1. The largest absolute Gasteiger partial charge is 0.497 e. The lowest BCUT2D eigenvalue weighted by molar-refractivity contribution is 0.103. The standard InChI is InChI=1S/C17H15N3O2S2/c1-22-12-7-5-6-11(10-12)15-16(24-20-19-15)17(21)18-13-8-3-4-9-14(13)23-2/h3-10H,1-2H3,(H,18,21). The van der Waals surface area contributed by atoms with Gasteiger partial charge in [0.15, 0.2) is 0 Å². The summed E-state index contributed by atoms with van der Waals surface area (Å²) in [6.07, 6.45) is 1.97. The number of carbonyl (C=O) groups is 1. The number of amides is 1. The third-order valence-electron chi connectivity index (χ3n) is 3.39. The monoisotopic (exact) mass is 357 g/mol. The van der Waals surface area contributed by atoms with E-state index in [4.69, 9.17) is 4.74 Å². The number of para-hydroxylation sites is 1. The number of thioether (sulfide) groups is 1. The van der Waals surface area contributed by atoms with Crippen molar-refractivity contribution in [2.75, 3.05) is 18.7 Å². The number of methoxy groups -OCH3 is 1. The molecule has 0 saturated heterocycles. The van der Waals surface area contributed by atoms with Gasteiger partial charge in [-0.1, -0.05) is 28.8 Å². The van der Waals surface area contributed by atoms with E-state index in [1.54, 1.807) is 18.9 Å². The molecule has 5 nitrogen and oxygen atoms in total. The molecule has 0 atom stereocenters. The molecule has 0 bridgehead atoms. The number of carbonyl (C=O) groups excluding carboxylic acids is 1. The maximum atomic E-state index is 12.7. The van der Waals surface area contributed by atoms with Crippen LogP contribution in [-0.2, 0) is 0 Å². The van der Waals surface area contributed by atoms with Gasteiger partial charge >= 0.3 is 0 Å². The molecule has 1 N–H and O–H groups in total. The maximum absolute atomic E-state index is 12.7. The summed E-state index contributed by atoms with van der Waals surface area (Å²) in [4.78, 5) is 14.1. The molecular weight excluding hydrogens is 342 g/mol. The average Bonchev–Trinajstić information content (AvgIpc) is 3.12. The predicted molar refractivity (Wildman–Crippen MR) is 98.1 cm³/mol. The van der Waals surface area contributed by atoms with Gasteiger partial charge in [0, 0.05) is 10.5 Å². The normalized spacial score (nSPS) is 10.4. The Morgan fingerprint density at radius 3 is 2.83 bits per heavy atom.